The Morgan fingerprint density at radius 3 is 2.86 bits per heavy atom. The predicted molar refractivity (Wildman–Crippen MR) is 111 cm³/mol. The third kappa shape index (κ3) is 3.44. The van der Waals surface area contributed by atoms with Crippen molar-refractivity contribution in [2.24, 2.45) is 5.41 Å². The molecule has 2 heterocycles. The number of hydrogen-bond donors (Lipinski definition) is 1. The van der Waals surface area contributed by atoms with Crippen LogP contribution in [-0.4, -0.2) is 28.3 Å². The number of H-pyrrole nitrogens is 1. The second-order valence-corrected chi connectivity index (χ2v) is 8.09. The lowest BCUT2D eigenvalue weighted by molar-refractivity contribution is -0.114. The molecular weight excluding hydrogens is 350 g/mol. The van der Waals surface area contributed by atoms with Gasteiger partial charge < -0.3 is 14.5 Å². The number of methoxy groups -OCH3 is 1. The van der Waals surface area contributed by atoms with Gasteiger partial charge in [0.25, 0.3) is 0 Å². The Balaban J connectivity index is 1.78. The number of carbonyl (C=O) groups is 1. The van der Waals surface area contributed by atoms with E-state index < -0.39 is 5.41 Å². The van der Waals surface area contributed by atoms with Gasteiger partial charge in [0.1, 0.15) is 17.6 Å². The molecule has 0 aliphatic heterocycles. The Morgan fingerprint density at radius 2 is 2.07 bits per heavy atom. The lowest BCUT2D eigenvalue weighted by Gasteiger charge is -2.15. The van der Waals surface area contributed by atoms with Crippen molar-refractivity contribution >= 4 is 28.6 Å². The first-order valence-corrected chi connectivity index (χ1v) is 9.67. The molecule has 0 spiro atoms. The summed E-state index contributed by atoms with van der Waals surface area (Å²) in [5.74, 6) is 0.863. The minimum Gasteiger partial charge on any atom is -0.497 e. The van der Waals surface area contributed by atoms with Crippen LogP contribution in [0.2, 0.25) is 0 Å². The summed E-state index contributed by atoms with van der Waals surface area (Å²) in [6, 6.07) is 8.20. The monoisotopic (exact) mass is 375 g/mol. The van der Waals surface area contributed by atoms with E-state index in [1.54, 1.807) is 7.11 Å². The highest BCUT2D eigenvalue weighted by Crippen LogP contribution is 2.40. The van der Waals surface area contributed by atoms with Crippen molar-refractivity contribution in [3.8, 4) is 5.75 Å². The molecule has 144 valence electrons. The smallest absolute Gasteiger partial charge is 0.156 e. The Bertz CT molecular complexity index is 1060. The van der Waals surface area contributed by atoms with Gasteiger partial charge in [-0.1, -0.05) is 26.0 Å². The Hall–Kier alpha value is -2.95. The van der Waals surface area contributed by atoms with Crippen LogP contribution in [0.1, 0.15) is 49.9 Å². The molecule has 0 unspecified atom stereocenters. The Kier molecular flexibility index (Phi) is 4.75. The van der Waals surface area contributed by atoms with Gasteiger partial charge in [0, 0.05) is 11.6 Å². The first-order chi connectivity index (χ1) is 13.5. The maximum Gasteiger partial charge on any atom is 0.156 e. The number of nitrogens with zero attached hydrogens (tertiary/aromatic N) is 2. The van der Waals surface area contributed by atoms with Crippen molar-refractivity contribution in [3.05, 3.63) is 53.5 Å². The molecule has 2 aromatic heterocycles. The molecule has 4 rings (SSSR count). The van der Waals surface area contributed by atoms with Crippen molar-refractivity contribution in [2.45, 2.75) is 39.5 Å². The lowest BCUT2D eigenvalue weighted by Crippen LogP contribution is -2.16. The van der Waals surface area contributed by atoms with Crippen LogP contribution < -0.4 is 4.74 Å². The average molecular weight is 375 g/mol. The number of benzene rings is 1. The van der Waals surface area contributed by atoms with E-state index in [9.17, 15) is 4.79 Å². The Morgan fingerprint density at radius 1 is 1.25 bits per heavy atom. The minimum atomic E-state index is -0.425. The lowest BCUT2D eigenvalue weighted by atomic mass is 9.88. The van der Waals surface area contributed by atoms with Gasteiger partial charge in [-0.15, -0.1) is 0 Å². The average Bonchev–Trinajstić information content (AvgIpc) is 3.35. The number of hydrogen-bond acceptors (Lipinski definition) is 4. The summed E-state index contributed by atoms with van der Waals surface area (Å²) in [6.45, 7) is 3.88. The minimum absolute atomic E-state index is 0.425. The Labute approximate surface area is 164 Å². The fourth-order valence-electron chi connectivity index (χ4n) is 3.91. The van der Waals surface area contributed by atoms with Gasteiger partial charge in [0.2, 0.25) is 0 Å². The van der Waals surface area contributed by atoms with Gasteiger partial charge in [0.15, 0.2) is 5.65 Å². The molecule has 0 saturated heterocycles. The number of aromatic nitrogens is 3. The molecule has 0 atom stereocenters. The topological polar surface area (TPSA) is 67.9 Å². The fraction of sp³-hybridized carbons (Fsp3) is 0.348. The molecule has 1 N–H and O–H groups in total. The number of aldehydes is 1. The highest BCUT2D eigenvalue weighted by molar-refractivity contribution is 5.93. The van der Waals surface area contributed by atoms with Gasteiger partial charge in [-0.3, -0.25) is 0 Å². The number of rotatable bonds is 6. The van der Waals surface area contributed by atoms with Crippen LogP contribution in [-0.2, 0) is 11.2 Å². The van der Waals surface area contributed by atoms with Crippen molar-refractivity contribution in [2.75, 3.05) is 7.11 Å². The van der Waals surface area contributed by atoms with Gasteiger partial charge in [-0.05, 0) is 60.1 Å². The summed E-state index contributed by atoms with van der Waals surface area (Å²) >= 11 is 0. The van der Waals surface area contributed by atoms with Crippen LogP contribution in [0.5, 0.6) is 5.75 Å². The first kappa shape index (κ1) is 18.4. The van der Waals surface area contributed by atoms with Gasteiger partial charge in [-0.2, -0.15) is 0 Å². The van der Waals surface area contributed by atoms with E-state index in [0.29, 0.717) is 6.42 Å². The van der Waals surface area contributed by atoms with E-state index in [-0.39, 0.29) is 0 Å². The molecule has 0 amide bonds. The summed E-state index contributed by atoms with van der Waals surface area (Å²) in [6.07, 6.45) is 8.55. The second-order valence-electron chi connectivity index (χ2n) is 8.09. The third-order valence-corrected chi connectivity index (χ3v) is 5.37. The first-order valence-electron chi connectivity index (χ1n) is 9.67. The summed E-state index contributed by atoms with van der Waals surface area (Å²) < 4.78 is 5.39. The summed E-state index contributed by atoms with van der Waals surface area (Å²) in [4.78, 5) is 24.1. The summed E-state index contributed by atoms with van der Waals surface area (Å²) in [7, 11) is 1.69. The van der Waals surface area contributed by atoms with Crippen LogP contribution in [0, 0.1) is 5.41 Å². The molecule has 5 nitrogen and oxygen atoms in total. The van der Waals surface area contributed by atoms with E-state index in [4.69, 9.17) is 9.72 Å². The zero-order valence-electron chi connectivity index (χ0n) is 16.6. The maximum atomic E-state index is 11.4. The number of aromatic amines is 1. The molecular formula is C23H25N3O2. The highest BCUT2D eigenvalue weighted by atomic mass is 16.5. The molecule has 28 heavy (non-hydrogen) atoms. The molecule has 0 bridgehead atoms. The summed E-state index contributed by atoms with van der Waals surface area (Å²) in [5.41, 5.74) is 6.91. The third-order valence-electron chi connectivity index (χ3n) is 5.37. The van der Waals surface area contributed by atoms with E-state index in [2.05, 4.69) is 22.1 Å². The largest absolute Gasteiger partial charge is 0.497 e. The molecule has 5 heteroatoms. The number of ether oxygens (including phenoxy) is 1. The molecule has 3 aromatic rings. The van der Waals surface area contributed by atoms with Crippen LogP contribution >= 0.6 is 0 Å². The molecule has 1 aliphatic carbocycles. The zero-order chi connectivity index (χ0) is 19.7. The van der Waals surface area contributed by atoms with E-state index in [1.807, 2.05) is 38.4 Å². The van der Waals surface area contributed by atoms with E-state index in [1.165, 1.54) is 16.7 Å². The van der Waals surface area contributed by atoms with Crippen molar-refractivity contribution in [1.82, 2.24) is 15.0 Å². The standard InChI is InChI=1S/C23H25N3O2/c1-23(2,14-27)11-16-12-24-22-21(16)26-20(13-25-22)19-9-5-8-18(19)15-6-4-7-17(10-15)28-3/h4,6-7,10,12-14H,5,8-9,11H2,1-3H3,(H,24,25). The molecule has 0 fully saturated rings. The fourth-order valence-corrected chi connectivity index (χ4v) is 3.91. The molecule has 1 aromatic carbocycles. The van der Waals surface area contributed by atoms with Crippen LogP contribution in [0.4, 0.5) is 0 Å². The second kappa shape index (κ2) is 7.23. The van der Waals surface area contributed by atoms with Crippen molar-refractivity contribution < 1.29 is 9.53 Å². The van der Waals surface area contributed by atoms with E-state index in [0.717, 1.165) is 53.7 Å². The van der Waals surface area contributed by atoms with Crippen molar-refractivity contribution in [1.29, 1.82) is 0 Å². The number of nitrogens with one attached hydrogen (secondary N) is 1. The normalized spacial score (nSPS) is 14.7. The predicted octanol–water partition coefficient (Wildman–Crippen LogP) is 4.83. The summed E-state index contributed by atoms with van der Waals surface area (Å²) in [5, 5.41) is 0. The van der Waals surface area contributed by atoms with Gasteiger partial charge >= 0.3 is 0 Å². The maximum absolute atomic E-state index is 11.4. The van der Waals surface area contributed by atoms with Gasteiger partial charge in [-0.25, -0.2) is 9.97 Å². The van der Waals surface area contributed by atoms with Crippen LogP contribution in [0.3, 0.4) is 0 Å². The number of carbonyl (C=O) groups excluding carboxylic acids is 1. The molecule has 0 saturated carbocycles. The van der Waals surface area contributed by atoms with Crippen LogP contribution in [0.25, 0.3) is 22.3 Å². The quantitative estimate of drug-likeness (QED) is 0.627. The molecule has 0 radical (unpaired) electrons. The highest BCUT2D eigenvalue weighted by Gasteiger charge is 2.23. The number of fused-ring (bicyclic) bond motifs is 1. The SMILES string of the molecule is COc1cccc(C2=C(c3cnc4[nH]cc(CC(C)(C)C=O)c4n3)CCC2)c1. The van der Waals surface area contributed by atoms with Crippen LogP contribution in [0.15, 0.2) is 36.7 Å². The van der Waals surface area contributed by atoms with Gasteiger partial charge in [0.05, 0.1) is 19.0 Å². The number of allylic oxidation sites excluding steroid dienone is 2. The zero-order valence-corrected chi connectivity index (χ0v) is 16.6. The van der Waals surface area contributed by atoms with E-state index >= 15 is 0 Å². The van der Waals surface area contributed by atoms with Crippen molar-refractivity contribution in [3.63, 3.8) is 0 Å². The molecule has 1 aliphatic rings.